The Morgan fingerprint density at radius 2 is 1.75 bits per heavy atom. The molecule has 1 atom stereocenters. The molecule has 148 valence electrons. The summed E-state index contributed by atoms with van der Waals surface area (Å²) >= 11 is 0. The summed E-state index contributed by atoms with van der Waals surface area (Å²) < 4.78 is 12.9. The number of carbonyl (C=O) groups is 2. The fourth-order valence-corrected chi connectivity index (χ4v) is 3.16. The van der Waals surface area contributed by atoms with E-state index in [1.165, 1.54) is 12.1 Å². The molecule has 1 aliphatic rings. The predicted octanol–water partition coefficient (Wildman–Crippen LogP) is 2.53. The average molecular weight is 385 g/mol. The number of likely N-dealkylation sites (tertiary alicyclic amines) is 1. The molecule has 1 saturated heterocycles. The Bertz CT molecular complexity index is 809. The van der Waals surface area contributed by atoms with Crippen molar-refractivity contribution >= 4 is 17.6 Å². The molecule has 1 aliphatic heterocycles. The number of hydrogen-bond donors (Lipinski definition) is 3. The maximum atomic E-state index is 12.9. The number of carbonyl (C=O) groups excluding carboxylic acids is 2. The molecule has 2 aromatic rings. The molecule has 0 aliphatic carbocycles. The van der Waals surface area contributed by atoms with Crippen molar-refractivity contribution in [2.75, 3.05) is 25.0 Å². The molecule has 6 nitrogen and oxygen atoms in total. The lowest BCUT2D eigenvalue weighted by molar-refractivity contribution is -0.129. The van der Waals surface area contributed by atoms with Gasteiger partial charge in [0, 0.05) is 37.8 Å². The maximum Gasteiger partial charge on any atom is 0.319 e. The first-order valence-corrected chi connectivity index (χ1v) is 9.30. The van der Waals surface area contributed by atoms with Crippen LogP contribution in [0.15, 0.2) is 48.5 Å². The SMILES string of the molecule is O=C(NCc1ccc(F)cc1)Nc1ccc(CC(=O)N2CC[C@H](CO)C2)cc1. The summed E-state index contributed by atoms with van der Waals surface area (Å²) in [6, 6.07) is 12.7. The van der Waals surface area contributed by atoms with Crippen LogP contribution in [0.2, 0.25) is 0 Å². The van der Waals surface area contributed by atoms with Gasteiger partial charge in [-0.25, -0.2) is 9.18 Å². The van der Waals surface area contributed by atoms with Gasteiger partial charge >= 0.3 is 6.03 Å². The third-order valence-electron chi connectivity index (χ3n) is 4.83. The third kappa shape index (κ3) is 5.53. The van der Waals surface area contributed by atoms with Crippen LogP contribution in [0, 0.1) is 11.7 Å². The number of halogens is 1. The van der Waals surface area contributed by atoms with Crippen molar-refractivity contribution < 1.29 is 19.1 Å². The fourth-order valence-electron chi connectivity index (χ4n) is 3.16. The lowest BCUT2D eigenvalue weighted by atomic mass is 10.1. The van der Waals surface area contributed by atoms with E-state index in [4.69, 9.17) is 0 Å². The summed E-state index contributed by atoms with van der Waals surface area (Å²) in [5, 5.41) is 14.6. The monoisotopic (exact) mass is 385 g/mol. The molecule has 0 saturated carbocycles. The molecule has 0 bridgehead atoms. The average Bonchev–Trinajstić information content (AvgIpc) is 3.18. The van der Waals surface area contributed by atoms with E-state index in [0.717, 1.165) is 17.5 Å². The second-order valence-electron chi connectivity index (χ2n) is 6.98. The molecule has 7 heteroatoms. The van der Waals surface area contributed by atoms with Crippen LogP contribution in [0.1, 0.15) is 17.5 Å². The summed E-state index contributed by atoms with van der Waals surface area (Å²) in [6.07, 6.45) is 1.15. The van der Waals surface area contributed by atoms with Crippen LogP contribution in [0.5, 0.6) is 0 Å². The van der Waals surface area contributed by atoms with E-state index in [2.05, 4.69) is 10.6 Å². The molecule has 28 heavy (non-hydrogen) atoms. The minimum absolute atomic E-state index is 0.0497. The van der Waals surface area contributed by atoms with Gasteiger partial charge in [0.2, 0.25) is 5.91 Å². The number of aliphatic hydroxyl groups excluding tert-OH is 1. The Kier molecular flexibility index (Phi) is 6.60. The highest BCUT2D eigenvalue weighted by molar-refractivity contribution is 5.89. The zero-order valence-electron chi connectivity index (χ0n) is 15.5. The summed E-state index contributed by atoms with van der Waals surface area (Å²) in [4.78, 5) is 26.1. The first-order chi connectivity index (χ1) is 13.5. The van der Waals surface area contributed by atoms with E-state index in [-0.39, 0.29) is 30.3 Å². The highest BCUT2D eigenvalue weighted by Gasteiger charge is 2.25. The normalized spacial score (nSPS) is 16.1. The molecule has 1 heterocycles. The van der Waals surface area contributed by atoms with Crippen molar-refractivity contribution in [2.45, 2.75) is 19.4 Å². The Morgan fingerprint density at radius 1 is 1.07 bits per heavy atom. The van der Waals surface area contributed by atoms with Crippen LogP contribution in [0.4, 0.5) is 14.9 Å². The Morgan fingerprint density at radius 3 is 2.39 bits per heavy atom. The Hall–Kier alpha value is -2.93. The molecule has 3 N–H and O–H groups in total. The molecular formula is C21H24FN3O3. The van der Waals surface area contributed by atoms with Gasteiger partial charge in [0.1, 0.15) is 5.82 Å². The van der Waals surface area contributed by atoms with Crippen molar-refractivity contribution in [1.82, 2.24) is 10.2 Å². The molecular weight excluding hydrogens is 361 g/mol. The van der Waals surface area contributed by atoms with Gasteiger partial charge in [0.25, 0.3) is 0 Å². The molecule has 3 amide bonds. The summed E-state index contributed by atoms with van der Waals surface area (Å²) in [7, 11) is 0. The number of anilines is 1. The number of benzene rings is 2. The fraction of sp³-hybridized carbons (Fsp3) is 0.333. The van der Waals surface area contributed by atoms with E-state index >= 15 is 0 Å². The molecule has 2 aromatic carbocycles. The number of nitrogens with zero attached hydrogens (tertiary/aromatic N) is 1. The zero-order valence-corrected chi connectivity index (χ0v) is 15.5. The van der Waals surface area contributed by atoms with Crippen LogP contribution >= 0.6 is 0 Å². The first kappa shape index (κ1) is 19.8. The van der Waals surface area contributed by atoms with Crippen molar-refractivity contribution in [1.29, 1.82) is 0 Å². The van der Waals surface area contributed by atoms with Crippen molar-refractivity contribution in [2.24, 2.45) is 5.92 Å². The van der Waals surface area contributed by atoms with E-state index < -0.39 is 0 Å². The number of nitrogens with one attached hydrogen (secondary N) is 2. The van der Waals surface area contributed by atoms with Gasteiger partial charge in [0.15, 0.2) is 0 Å². The van der Waals surface area contributed by atoms with Gasteiger partial charge in [-0.3, -0.25) is 4.79 Å². The van der Waals surface area contributed by atoms with E-state index in [0.29, 0.717) is 31.7 Å². The van der Waals surface area contributed by atoms with Crippen LogP contribution in [-0.2, 0) is 17.8 Å². The topological polar surface area (TPSA) is 81.7 Å². The summed E-state index contributed by atoms with van der Waals surface area (Å²) in [5.74, 6) is -0.0811. The quantitative estimate of drug-likeness (QED) is 0.715. The van der Waals surface area contributed by atoms with Gasteiger partial charge in [0.05, 0.1) is 6.42 Å². The molecule has 3 rings (SSSR count). The van der Waals surface area contributed by atoms with Gasteiger partial charge in [-0.15, -0.1) is 0 Å². The summed E-state index contributed by atoms with van der Waals surface area (Å²) in [5.41, 5.74) is 2.29. The zero-order chi connectivity index (χ0) is 19.9. The van der Waals surface area contributed by atoms with Gasteiger partial charge < -0.3 is 20.6 Å². The lowest BCUT2D eigenvalue weighted by Crippen LogP contribution is -2.30. The van der Waals surface area contributed by atoms with Gasteiger partial charge in [-0.1, -0.05) is 24.3 Å². The molecule has 0 unspecified atom stereocenters. The largest absolute Gasteiger partial charge is 0.396 e. The van der Waals surface area contributed by atoms with Crippen molar-refractivity contribution in [3.05, 3.63) is 65.5 Å². The maximum absolute atomic E-state index is 12.9. The number of rotatable bonds is 6. The number of urea groups is 1. The van der Waals surface area contributed by atoms with Gasteiger partial charge in [-0.05, 0) is 41.8 Å². The number of aliphatic hydroxyl groups is 1. The van der Waals surface area contributed by atoms with Crippen LogP contribution < -0.4 is 10.6 Å². The predicted molar refractivity (Wildman–Crippen MR) is 104 cm³/mol. The second kappa shape index (κ2) is 9.32. The minimum Gasteiger partial charge on any atom is -0.396 e. The van der Waals surface area contributed by atoms with E-state index in [1.54, 1.807) is 29.2 Å². The highest BCUT2D eigenvalue weighted by Crippen LogP contribution is 2.17. The smallest absolute Gasteiger partial charge is 0.319 e. The van der Waals surface area contributed by atoms with Gasteiger partial charge in [-0.2, -0.15) is 0 Å². The van der Waals surface area contributed by atoms with Crippen molar-refractivity contribution in [3.63, 3.8) is 0 Å². The third-order valence-corrected chi connectivity index (χ3v) is 4.83. The lowest BCUT2D eigenvalue weighted by Gasteiger charge is -2.16. The van der Waals surface area contributed by atoms with E-state index in [1.807, 2.05) is 12.1 Å². The highest BCUT2D eigenvalue weighted by atomic mass is 19.1. The Balaban J connectivity index is 1.45. The number of hydrogen-bond acceptors (Lipinski definition) is 3. The van der Waals surface area contributed by atoms with E-state index in [9.17, 15) is 19.1 Å². The van der Waals surface area contributed by atoms with Crippen molar-refractivity contribution in [3.8, 4) is 0 Å². The van der Waals surface area contributed by atoms with Crippen LogP contribution in [-0.4, -0.2) is 41.6 Å². The Labute approximate surface area is 163 Å². The molecule has 1 fully saturated rings. The van der Waals surface area contributed by atoms with Crippen LogP contribution in [0.3, 0.4) is 0 Å². The van der Waals surface area contributed by atoms with Crippen LogP contribution in [0.25, 0.3) is 0 Å². The first-order valence-electron chi connectivity index (χ1n) is 9.30. The standard InChI is InChI=1S/C21H24FN3O3/c22-18-5-1-16(2-6-18)12-23-21(28)24-19-7-3-15(4-8-19)11-20(27)25-10-9-17(13-25)14-26/h1-8,17,26H,9-14H2,(H2,23,24,28)/t17-/m0/s1. The minimum atomic E-state index is -0.361. The number of amides is 3. The summed E-state index contributed by atoms with van der Waals surface area (Å²) in [6.45, 7) is 1.72. The molecule has 0 aromatic heterocycles. The molecule has 0 spiro atoms. The molecule has 0 radical (unpaired) electrons. The second-order valence-corrected chi connectivity index (χ2v) is 6.98.